The number of hydrogen-bond donors (Lipinski definition) is 2. The van der Waals surface area contributed by atoms with Crippen LogP contribution >= 0.6 is 0 Å². The van der Waals surface area contributed by atoms with Gasteiger partial charge in [0.1, 0.15) is 5.69 Å². The highest BCUT2D eigenvalue weighted by Crippen LogP contribution is 2.06. The maximum Gasteiger partial charge on any atom is 0.354 e. The fraction of sp³-hybridized carbons (Fsp3) is 0.545. The van der Waals surface area contributed by atoms with Gasteiger partial charge in [0, 0.05) is 6.20 Å². The molecule has 0 radical (unpaired) electrons. The maximum absolute atomic E-state index is 11.4. The molecule has 1 heterocycles. The molecular formula is C11H18N2O2. The van der Waals surface area contributed by atoms with E-state index in [0.29, 0.717) is 18.0 Å². The molecule has 0 aliphatic carbocycles. The van der Waals surface area contributed by atoms with Gasteiger partial charge in [-0.05, 0) is 12.5 Å². The largest absolute Gasteiger partial charge is 0.461 e. The first-order chi connectivity index (χ1) is 7.24. The second-order valence-electron chi connectivity index (χ2n) is 3.54. The number of carbonyl (C=O) groups is 1. The summed E-state index contributed by atoms with van der Waals surface area (Å²) in [4.78, 5) is 14.1. The van der Waals surface area contributed by atoms with E-state index in [-0.39, 0.29) is 5.97 Å². The van der Waals surface area contributed by atoms with Crippen molar-refractivity contribution in [2.24, 2.45) is 0 Å². The van der Waals surface area contributed by atoms with Crippen LogP contribution in [0.25, 0.3) is 0 Å². The molecule has 1 aromatic rings. The third-order valence-electron chi connectivity index (χ3n) is 2.16. The van der Waals surface area contributed by atoms with Crippen LogP contribution in [0, 0.1) is 0 Å². The van der Waals surface area contributed by atoms with Crippen LogP contribution in [0.1, 0.15) is 43.1 Å². The Kier molecular flexibility index (Phi) is 4.74. The van der Waals surface area contributed by atoms with Crippen LogP contribution < -0.4 is 5.73 Å². The Bertz CT molecular complexity index is 307. The van der Waals surface area contributed by atoms with Gasteiger partial charge in [-0.2, -0.15) is 0 Å². The summed E-state index contributed by atoms with van der Waals surface area (Å²) in [6.45, 7) is 2.63. The molecule has 0 saturated heterocycles. The Labute approximate surface area is 89.8 Å². The Morgan fingerprint density at radius 1 is 1.47 bits per heavy atom. The SMILES string of the molecule is CCCCCCOC(=O)c1cc(N)c[nH]1. The number of esters is 1. The van der Waals surface area contributed by atoms with E-state index in [1.807, 2.05) is 0 Å². The monoisotopic (exact) mass is 210 g/mol. The van der Waals surface area contributed by atoms with E-state index >= 15 is 0 Å². The van der Waals surface area contributed by atoms with E-state index < -0.39 is 0 Å². The molecule has 0 aliphatic rings. The summed E-state index contributed by atoms with van der Waals surface area (Å²) < 4.78 is 5.06. The Morgan fingerprint density at radius 3 is 2.87 bits per heavy atom. The van der Waals surface area contributed by atoms with Gasteiger partial charge in [0.05, 0.1) is 12.3 Å². The van der Waals surface area contributed by atoms with Crippen molar-refractivity contribution in [2.75, 3.05) is 12.3 Å². The highest BCUT2D eigenvalue weighted by Gasteiger charge is 2.08. The number of nitrogen functional groups attached to an aromatic ring is 1. The molecule has 1 rings (SSSR count). The number of ether oxygens (including phenoxy) is 1. The van der Waals surface area contributed by atoms with Crippen LogP contribution in [0.3, 0.4) is 0 Å². The lowest BCUT2D eigenvalue weighted by molar-refractivity contribution is 0.0492. The third-order valence-corrected chi connectivity index (χ3v) is 2.16. The summed E-state index contributed by atoms with van der Waals surface area (Å²) in [6, 6.07) is 1.58. The van der Waals surface area contributed by atoms with E-state index in [4.69, 9.17) is 10.5 Å². The van der Waals surface area contributed by atoms with Gasteiger partial charge in [0.25, 0.3) is 0 Å². The lowest BCUT2D eigenvalue weighted by Crippen LogP contribution is -2.06. The predicted octanol–water partition coefficient (Wildman–Crippen LogP) is 2.33. The highest BCUT2D eigenvalue weighted by atomic mass is 16.5. The van der Waals surface area contributed by atoms with E-state index in [1.165, 1.54) is 12.8 Å². The van der Waals surface area contributed by atoms with Gasteiger partial charge in [-0.25, -0.2) is 4.79 Å². The molecule has 0 aliphatic heterocycles. The fourth-order valence-electron chi connectivity index (χ4n) is 1.30. The molecule has 15 heavy (non-hydrogen) atoms. The molecule has 4 heteroatoms. The molecule has 0 atom stereocenters. The minimum Gasteiger partial charge on any atom is -0.461 e. The Hall–Kier alpha value is -1.45. The molecule has 0 fully saturated rings. The minimum absolute atomic E-state index is 0.330. The Morgan fingerprint density at radius 2 is 2.27 bits per heavy atom. The number of anilines is 1. The molecule has 0 unspecified atom stereocenters. The summed E-state index contributed by atoms with van der Waals surface area (Å²) in [5.41, 5.74) is 6.44. The van der Waals surface area contributed by atoms with Crippen molar-refractivity contribution in [1.82, 2.24) is 4.98 Å². The number of carbonyl (C=O) groups excluding carboxylic acids is 1. The normalized spacial score (nSPS) is 10.2. The van der Waals surface area contributed by atoms with Crippen molar-refractivity contribution in [2.45, 2.75) is 32.6 Å². The third kappa shape index (κ3) is 4.06. The molecule has 1 aromatic heterocycles. The minimum atomic E-state index is -0.330. The second kappa shape index (κ2) is 6.11. The number of unbranched alkanes of at least 4 members (excludes halogenated alkanes) is 3. The first kappa shape index (κ1) is 11.6. The number of nitrogens with two attached hydrogens (primary N) is 1. The fourth-order valence-corrected chi connectivity index (χ4v) is 1.30. The van der Waals surface area contributed by atoms with Crippen LogP contribution in [0.4, 0.5) is 5.69 Å². The summed E-state index contributed by atoms with van der Waals surface area (Å²) in [5, 5.41) is 0. The van der Waals surface area contributed by atoms with Crippen molar-refractivity contribution in [3.63, 3.8) is 0 Å². The van der Waals surface area contributed by atoms with Crippen molar-refractivity contribution >= 4 is 11.7 Å². The molecular weight excluding hydrogens is 192 g/mol. The number of hydrogen-bond acceptors (Lipinski definition) is 3. The van der Waals surface area contributed by atoms with Gasteiger partial charge in [-0.3, -0.25) is 0 Å². The topological polar surface area (TPSA) is 68.1 Å². The summed E-state index contributed by atoms with van der Waals surface area (Å²) >= 11 is 0. The van der Waals surface area contributed by atoms with Crippen molar-refractivity contribution in [3.05, 3.63) is 18.0 Å². The molecule has 3 N–H and O–H groups in total. The average molecular weight is 210 g/mol. The van der Waals surface area contributed by atoms with Crippen LogP contribution in [0.5, 0.6) is 0 Å². The number of rotatable bonds is 6. The quantitative estimate of drug-likeness (QED) is 0.559. The van der Waals surface area contributed by atoms with E-state index in [2.05, 4.69) is 11.9 Å². The standard InChI is InChI=1S/C11H18N2O2/c1-2-3-4-5-6-15-11(14)10-7-9(12)8-13-10/h7-8,13H,2-6,12H2,1H3. The van der Waals surface area contributed by atoms with Crippen LogP contribution in [-0.4, -0.2) is 17.6 Å². The van der Waals surface area contributed by atoms with E-state index in [0.717, 1.165) is 12.8 Å². The molecule has 84 valence electrons. The zero-order chi connectivity index (χ0) is 11.1. The zero-order valence-corrected chi connectivity index (χ0v) is 9.08. The lowest BCUT2D eigenvalue weighted by atomic mass is 10.2. The Balaban J connectivity index is 2.19. The summed E-state index contributed by atoms with van der Waals surface area (Å²) in [6.07, 6.45) is 5.98. The van der Waals surface area contributed by atoms with Crippen molar-refractivity contribution < 1.29 is 9.53 Å². The predicted molar refractivity (Wildman–Crippen MR) is 59.6 cm³/mol. The van der Waals surface area contributed by atoms with Crippen molar-refractivity contribution in [3.8, 4) is 0 Å². The van der Waals surface area contributed by atoms with Gasteiger partial charge < -0.3 is 15.5 Å². The highest BCUT2D eigenvalue weighted by molar-refractivity contribution is 5.88. The zero-order valence-electron chi connectivity index (χ0n) is 9.08. The number of H-pyrrole nitrogens is 1. The molecule has 0 saturated carbocycles. The van der Waals surface area contributed by atoms with Gasteiger partial charge >= 0.3 is 5.97 Å². The number of aromatic nitrogens is 1. The van der Waals surface area contributed by atoms with Gasteiger partial charge in [0.15, 0.2) is 0 Å². The average Bonchev–Trinajstić information content (AvgIpc) is 2.64. The van der Waals surface area contributed by atoms with Crippen LogP contribution in [-0.2, 0) is 4.74 Å². The summed E-state index contributed by atoms with van der Waals surface area (Å²) in [5.74, 6) is -0.330. The van der Waals surface area contributed by atoms with Crippen LogP contribution in [0.15, 0.2) is 12.3 Å². The van der Waals surface area contributed by atoms with Crippen molar-refractivity contribution in [1.29, 1.82) is 0 Å². The lowest BCUT2D eigenvalue weighted by Gasteiger charge is -2.02. The molecule has 0 aromatic carbocycles. The summed E-state index contributed by atoms with van der Waals surface area (Å²) in [7, 11) is 0. The second-order valence-corrected chi connectivity index (χ2v) is 3.54. The molecule has 0 spiro atoms. The number of nitrogens with one attached hydrogen (secondary N) is 1. The van der Waals surface area contributed by atoms with E-state index in [1.54, 1.807) is 12.3 Å². The molecule has 4 nitrogen and oxygen atoms in total. The molecule has 0 bridgehead atoms. The van der Waals surface area contributed by atoms with Gasteiger partial charge in [-0.1, -0.05) is 26.2 Å². The maximum atomic E-state index is 11.4. The smallest absolute Gasteiger partial charge is 0.354 e. The molecule has 0 amide bonds. The first-order valence-corrected chi connectivity index (χ1v) is 5.35. The van der Waals surface area contributed by atoms with Crippen LogP contribution in [0.2, 0.25) is 0 Å². The first-order valence-electron chi connectivity index (χ1n) is 5.35. The van der Waals surface area contributed by atoms with Gasteiger partial charge in [0.2, 0.25) is 0 Å². The van der Waals surface area contributed by atoms with E-state index in [9.17, 15) is 4.79 Å². The number of aromatic amines is 1. The van der Waals surface area contributed by atoms with Gasteiger partial charge in [-0.15, -0.1) is 0 Å².